The molecule has 120 valence electrons. The second-order valence-electron chi connectivity index (χ2n) is 5.72. The molecule has 23 heavy (non-hydrogen) atoms. The summed E-state index contributed by atoms with van der Waals surface area (Å²) < 4.78 is 0. The van der Waals surface area contributed by atoms with Gasteiger partial charge in [0, 0.05) is 11.9 Å². The highest BCUT2D eigenvalue weighted by molar-refractivity contribution is 6.06. The van der Waals surface area contributed by atoms with Crippen LogP contribution in [-0.4, -0.2) is 46.5 Å². The van der Waals surface area contributed by atoms with E-state index in [2.05, 4.69) is 26.3 Å². The number of likely N-dealkylation sites (tertiary alicyclic amines) is 1. The number of hydrogen-bond acceptors (Lipinski definition) is 5. The van der Waals surface area contributed by atoms with Crippen molar-refractivity contribution >= 4 is 22.6 Å². The zero-order valence-electron chi connectivity index (χ0n) is 13.2. The van der Waals surface area contributed by atoms with Gasteiger partial charge in [-0.2, -0.15) is 0 Å². The molecule has 0 aliphatic carbocycles. The van der Waals surface area contributed by atoms with Crippen LogP contribution in [0.15, 0.2) is 36.7 Å². The number of anilines is 1. The maximum Gasteiger partial charge on any atom is 0.250 e. The fourth-order valence-corrected chi connectivity index (χ4v) is 2.81. The molecule has 1 aromatic carbocycles. The molecule has 0 radical (unpaired) electrons. The van der Waals surface area contributed by atoms with Crippen LogP contribution in [0, 0.1) is 0 Å². The molecule has 3 N–H and O–H groups in total. The summed E-state index contributed by atoms with van der Waals surface area (Å²) in [6.07, 6.45) is 6.90. The van der Waals surface area contributed by atoms with E-state index in [1.807, 2.05) is 19.1 Å². The second kappa shape index (κ2) is 6.75. The monoisotopic (exact) mass is 311 g/mol. The van der Waals surface area contributed by atoms with Gasteiger partial charge in [0.1, 0.15) is 12.1 Å². The number of para-hydroxylation sites is 1. The summed E-state index contributed by atoms with van der Waals surface area (Å²) in [6.45, 7) is 5.23. The third-order valence-electron chi connectivity index (χ3n) is 4.08. The molecule has 0 saturated carbocycles. The van der Waals surface area contributed by atoms with Gasteiger partial charge in [-0.1, -0.05) is 18.2 Å². The lowest BCUT2D eigenvalue weighted by molar-refractivity contribution is 0.100. The van der Waals surface area contributed by atoms with Gasteiger partial charge < -0.3 is 16.0 Å². The Hall–Kier alpha value is -2.47. The first kappa shape index (κ1) is 15.4. The van der Waals surface area contributed by atoms with Crippen LogP contribution in [-0.2, 0) is 0 Å². The molecular formula is C17H21N5O. The number of amides is 1. The topological polar surface area (TPSA) is 84.1 Å². The molecule has 1 saturated heterocycles. The fraction of sp³-hybridized carbons (Fsp3) is 0.353. The first-order valence-corrected chi connectivity index (χ1v) is 7.84. The Labute approximate surface area is 135 Å². The van der Waals surface area contributed by atoms with Gasteiger partial charge in [-0.05, 0) is 38.6 Å². The number of nitrogens with two attached hydrogens (primary N) is 1. The molecule has 2 aromatic rings. The van der Waals surface area contributed by atoms with Crippen LogP contribution in [0.25, 0.3) is 10.9 Å². The molecule has 1 aliphatic heterocycles. The average molecular weight is 311 g/mol. The van der Waals surface area contributed by atoms with Crippen molar-refractivity contribution in [3.8, 4) is 0 Å². The van der Waals surface area contributed by atoms with Crippen LogP contribution in [0.3, 0.4) is 0 Å². The maximum absolute atomic E-state index is 11.6. The van der Waals surface area contributed by atoms with Crippen molar-refractivity contribution in [3.63, 3.8) is 0 Å². The molecule has 1 amide bonds. The van der Waals surface area contributed by atoms with Gasteiger partial charge in [0.05, 0.1) is 17.1 Å². The average Bonchev–Trinajstić information content (AvgIpc) is 2.50. The van der Waals surface area contributed by atoms with Gasteiger partial charge in [0.2, 0.25) is 0 Å². The minimum Gasteiger partial charge on any atom is -0.366 e. The SMILES string of the molecule is C/C=C/C(CN1CCC1)Nc1ncnc2c(C(N)=O)cccc12. The van der Waals surface area contributed by atoms with Crippen LogP contribution in [0.1, 0.15) is 23.7 Å². The molecule has 1 aliphatic rings. The minimum atomic E-state index is -0.481. The van der Waals surface area contributed by atoms with Gasteiger partial charge in [-0.25, -0.2) is 9.97 Å². The number of primary amides is 1. The fourth-order valence-electron chi connectivity index (χ4n) is 2.81. The molecule has 2 heterocycles. The van der Waals surface area contributed by atoms with Crippen molar-refractivity contribution in [1.82, 2.24) is 14.9 Å². The molecule has 1 atom stereocenters. The van der Waals surface area contributed by atoms with E-state index in [1.54, 1.807) is 12.1 Å². The molecule has 1 fully saturated rings. The summed E-state index contributed by atoms with van der Waals surface area (Å²) in [4.78, 5) is 22.5. The highest BCUT2D eigenvalue weighted by Crippen LogP contribution is 2.23. The number of nitrogens with one attached hydrogen (secondary N) is 1. The van der Waals surface area contributed by atoms with Gasteiger partial charge in [-0.3, -0.25) is 4.79 Å². The predicted molar refractivity (Wildman–Crippen MR) is 91.3 cm³/mol. The second-order valence-corrected chi connectivity index (χ2v) is 5.72. The Bertz CT molecular complexity index is 739. The van der Waals surface area contributed by atoms with Gasteiger partial charge >= 0.3 is 0 Å². The van der Waals surface area contributed by atoms with Crippen molar-refractivity contribution in [2.24, 2.45) is 5.73 Å². The van der Waals surface area contributed by atoms with Crippen LogP contribution in [0.4, 0.5) is 5.82 Å². The van der Waals surface area contributed by atoms with E-state index in [4.69, 9.17) is 5.73 Å². The number of rotatable bonds is 6. The first-order chi connectivity index (χ1) is 11.2. The number of fused-ring (bicyclic) bond motifs is 1. The summed E-state index contributed by atoms with van der Waals surface area (Å²) in [5.74, 6) is 0.243. The minimum absolute atomic E-state index is 0.163. The van der Waals surface area contributed by atoms with E-state index >= 15 is 0 Å². The third-order valence-corrected chi connectivity index (χ3v) is 4.08. The smallest absolute Gasteiger partial charge is 0.250 e. The quantitative estimate of drug-likeness (QED) is 0.795. The zero-order chi connectivity index (χ0) is 16.2. The Morgan fingerprint density at radius 1 is 1.43 bits per heavy atom. The summed E-state index contributed by atoms with van der Waals surface area (Å²) in [5, 5.41) is 4.26. The first-order valence-electron chi connectivity index (χ1n) is 7.84. The third kappa shape index (κ3) is 3.32. The number of allylic oxidation sites excluding steroid dienone is 1. The number of aromatic nitrogens is 2. The molecule has 6 heteroatoms. The Morgan fingerprint density at radius 2 is 2.26 bits per heavy atom. The summed E-state index contributed by atoms with van der Waals surface area (Å²) in [7, 11) is 0. The van der Waals surface area contributed by atoms with Crippen LogP contribution >= 0.6 is 0 Å². The van der Waals surface area contributed by atoms with Crippen molar-refractivity contribution in [3.05, 3.63) is 42.2 Å². The number of nitrogens with zero attached hydrogens (tertiary/aromatic N) is 3. The zero-order valence-corrected chi connectivity index (χ0v) is 13.2. The molecule has 0 spiro atoms. The Morgan fingerprint density at radius 3 is 2.91 bits per heavy atom. The number of carbonyl (C=O) groups excluding carboxylic acids is 1. The van der Waals surface area contributed by atoms with Crippen LogP contribution < -0.4 is 11.1 Å². The van der Waals surface area contributed by atoms with Crippen molar-refractivity contribution < 1.29 is 4.79 Å². The summed E-state index contributed by atoms with van der Waals surface area (Å²) >= 11 is 0. The van der Waals surface area contributed by atoms with E-state index in [9.17, 15) is 4.79 Å². The number of hydrogen-bond donors (Lipinski definition) is 2. The molecule has 1 aromatic heterocycles. The largest absolute Gasteiger partial charge is 0.366 e. The molecule has 0 bridgehead atoms. The van der Waals surface area contributed by atoms with E-state index in [-0.39, 0.29) is 6.04 Å². The highest BCUT2D eigenvalue weighted by Gasteiger charge is 2.19. The van der Waals surface area contributed by atoms with Crippen LogP contribution in [0.5, 0.6) is 0 Å². The lowest BCUT2D eigenvalue weighted by Crippen LogP contribution is -2.43. The van der Waals surface area contributed by atoms with Gasteiger partial charge in [0.15, 0.2) is 0 Å². The van der Waals surface area contributed by atoms with Crippen molar-refractivity contribution in [2.75, 3.05) is 25.0 Å². The lowest BCUT2D eigenvalue weighted by Gasteiger charge is -2.33. The molecule has 1 unspecified atom stereocenters. The van der Waals surface area contributed by atoms with E-state index in [0.717, 1.165) is 30.8 Å². The van der Waals surface area contributed by atoms with E-state index in [0.29, 0.717) is 11.1 Å². The maximum atomic E-state index is 11.6. The van der Waals surface area contributed by atoms with E-state index in [1.165, 1.54) is 12.7 Å². The number of carbonyl (C=O) groups is 1. The predicted octanol–water partition coefficient (Wildman–Crippen LogP) is 1.79. The lowest BCUT2D eigenvalue weighted by atomic mass is 10.1. The normalized spacial score (nSPS) is 16.4. The highest BCUT2D eigenvalue weighted by atomic mass is 16.1. The summed E-state index contributed by atoms with van der Waals surface area (Å²) in [5.41, 5.74) is 6.43. The van der Waals surface area contributed by atoms with Crippen molar-refractivity contribution in [2.45, 2.75) is 19.4 Å². The number of benzene rings is 1. The molecule has 3 rings (SSSR count). The molecule has 6 nitrogen and oxygen atoms in total. The Balaban J connectivity index is 1.91. The van der Waals surface area contributed by atoms with Gasteiger partial charge in [0.25, 0.3) is 5.91 Å². The standard InChI is InChI=1S/C17H21N5O/c1-2-5-12(10-22-8-4-9-22)21-17-14-7-3-6-13(16(18)23)15(14)19-11-20-17/h2-3,5-7,11-12H,4,8-10H2,1H3,(H2,18,23)(H,19,20,21)/b5-2+. The Kier molecular flexibility index (Phi) is 4.52. The molecular weight excluding hydrogens is 290 g/mol. The van der Waals surface area contributed by atoms with E-state index < -0.39 is 5.91 Å². The van der Waals surface area contributed by atoms with Gasteiger partial charge in [-0.15, -0.1) is 0 Å². The van der Waals surface area contributed by atoms with Crippen molar-refractivity contribution in [1.29, 1.82) is 0 Å². The van der Waals surface area contributed by atoms with Crippen LogP contribution in [0.2, 0.25) is 0 Å². The summed E-state index contributed by atoms with van der Waals surface area (Å²) in [6, 6.07) is 5.55.